The van der Waals surface area contributed by atoms with Crippen LogP contribution in [0.25, 0.3) is 6.08 Å². The third-order valence-electron chi connectivity index (χ3n) is 3.79. The molecular weight excluding hydrogens is 342 g/mol. The number of thiazole rings is 1. The van der Waals surface area contributed by atoms with E-state index in [4.69, 9.17) is 4.74 Å². The van der Waals surface area contributed by atoms with Crippen LogP contribution in [-0.4, -0.2) is 52.2 Å². The molecule has 0 aromatic carbocycles. The van der Waals surface area contributed by atoms with Crippen LogP contribution in [0, 0.1) is 0 Å². The van der Waals surface area contributed by atoms with Gasteiger partial charge >= 0.3 is 5.97 Å². The highest BCUT2D eigenvalue weighted by molar-refractivity contribution is 7.10. The van der Waals surface area contributed by atoms with Crippen LogP contribution in [0.1, 0.15) is 38.7 Å². The van der Waals surface area contributed by atoms with Gasteiger partial charge in [0.15, 0.2) is 6.61 Å². The fraction of sp³-hybridized carbons (Fsp3) is 0.294. The van der Waals surface area contributed by atoms with Gasteiger partial charge < -0.3 is 14.6 Å². The Morgan fingerprint density at radius 2 is 2.12 bits per heavy atom. The molecule has 0 bridgehead atoms. The summed E-state index contributed by atoms with van der Waals surface area (Å²) in [6.07, 6.45) is 7.86. The molecule has 1 N–H and O–H groups in total. The summed E-state index contributed by atoms with van der Waals surface area (Å²) in [6, 6.07) is 1.50. The number of ketones is 1. The van der Waals surface area contributed by atoms with E-state index in [1.54, 1.807) is 16.5 Å². The average Bonchev–Trinajstić information content (AvgIpc) is 3.38. The number of carbonyl (C=O) groups is 3. The van der Waals surface area contributed by atoms with Crippen LogP contribution in [0.5, 0.6) is 0 Å². The molecule has 0 saturated carbocycles. The summed E-state index contributed by atoms with van der Waals surface area (Å²) in [4.78, 5) is 44.5. The minimum Gasteiger partial charge on any atom is -0.454 e. The lowest BCUT2D eigenvalue weighted by Crippen LogP contribution is -2.27. The van der Waals surface area contributed by atoms with Gasteiger partial charge in [0, 0.05) is 42.5 Å². The van der Waals surface area contributed by atoms with E-state index in [-0.39, 0.29) is 18.3 Å². The lowest BCUT2D eigenvalue weighted by Gasteiger charge is -2.13. The molecule has 7 nitrogen and oxygen atoms in total. The van der Waals surface area contributed by atoms with E-state index in [0.29, 0.717) is 16.3 Å². The van der Waals surface area contributed by atoms with Gasteiger partial charge in [-0.25, -0.2) is 9.78 Å². The first-order chi connectivity index (χ1) is 12.1. The van der Waals surface area contributed by atoms with Crippen LogP contribution in [0.2, 0.25) is 0 Å². The number of amides is 1. The van der Waals surface area contributed by atoms with Gasteiger partial charge in [0.05, 0.1) is 0 Å². The first-order valence-electron chi connectivity index (χ1n) is 7.89. The van der Waals surface area contributed by atoms with Crippen molar-refractivity contribution in [1.29, 1.82) is 0 Å². The third-order valence-corrected chi connectivity index (χ3v) is 4.53. The number of nitrogens with one attached hydrogen (secondary N) is 1. The molecule has 1 aliphatic rings. The number of Topliss-reactive ketones (excluding diaryl/α,β-unsaturated/α-hetero) is 1. The van der Waals surface area contributed by atoms with E-state index in [0.717, 1.165) is 25.9 Å². The van der Waals surface area contributed by atoms with Gasteiger partial charge in [-0.3, -0.25) is 9.59 Å². The number of hydrogen-bond acceptors (Lipinski definition) is 6. The molecule has 3 rings (SSSR count). The quantitative estimate of drug-likeness (QED) is 0.485. The molecule has 3 heterocycles. The van der Waals surface area contributed by atoms with Gasteiger partial charge in [0.1, 0.15) is 10.7 Å². The largest absolute Gasteiger partial charge is 0.454 e. The summed E-state index contributed by atoms with van der Waals surface area (Å²) < 4.78 is 4.92. The van der Waals surface area contributed by atoms with E-state index in [1.807, 2.05) is 0 Å². The van der Waals surface area contributed by atoms with Crippen molar-refractivity contribution in [3.8, 4) is 0 Å². The molecule has 1 saturated heterocycles. The highest BCUT2D eigenvalue weighted by Gasteiger charge is 2.21. The van der Waals surface area contributed by atoms with Crippen LogP contribution >= 0.6 is 11.3 Å². The van der Waals surface area contributed by atoms with Crippen LogP contribution in [0.4, 0.5) is 0 Å². The van der Waals surface area contributed by atoms with Crippen molar-refractivity contribution in [2.24, 2.45) is 0 Å². The zero-order chi connectivity index (χ0) is 17.6. The highest BCUT2D eigenvalue weighted by Crippen LogP contribution is 2.13. The number of hydrogen-bond donors (Lipinski definition) is 1. The molecule has 1 fully saturated rings. The van der Waals surface area contributed by atoms with Gasteiger partial charge in [0.25, 0.3) is 5.91 Å². The third kappa shape index (κ3) is 4.42. The van der Waals surface area contributed by atoms with Crippen molar-refractivity contribution in [2.75, 3.05) is 19.7 Å². The van der Waals surface area contributed by atoms with Gasteiger partial charge in [-0.2, -0.15) is 0 Å². The zero-order valence-corrected chi connectivity index (χ0v) is 14.3. The minimum absolute atomic E-state index is 0.111. The van der Waals surface area contributed by atoms with Crippen molar-refractivity contribution in [1.82, 2.24) is 14.9 Å². The SMILES string of the molecule is O=C(C=Cc1nccs1)OCC(=O)c1c[nH]c(C(=O)N2CCCC2)c1. The molecule has 8 heteroatoms. The predicted octanol–water partition coefficient (Wildman–Crippen LogP) is 2.15. The minimum atomic E-state index is -0.618. The Morgan fingerprint density at radius 1 is 1.32 bits per heavy atom. The molecule has 0 atom stereocenters. The average molecular weight is 359 g/mol. The predicted molar refractivity (Wildman–Crippen MR) is 92.4 cm³/mol. The summed E-state index contributed by atoms with van der Waals surface area (Å²) >= 11 is 1.39. The first-order valence-corrected chi connectivity index (χ1v) is 8.76. The second-order valence-electron chi connectivity index (χ2n) is 5.54. The molecule has 1 amide bonds. The summed E-state index contributed by atoms with van der Waals surface area (Å²) in [6.45, 7) is 1.10. The summed E-state index contributed by atoms with van der Waals surface area (Å²) in [5.41, 5.74) is 0.694. The van der Waals surface area contributed by atoms with Crippen LogP contribution in [0.15, 0.2) is 29.9 Å². The van der Waals surface area contributed by atoms with Gasteiger partial charge in [0.2, 0.25) is 5.78 Å². The number of carbonyl (C=O) groups excluding carboxylic acids is 3. The number of rotatable bonds is 6. The molecule has 0 unspecified atom stereocenters. The monoisotopic (exact) mass is 359 g/mol. The smallest absolute Gasteiger partial charge is 0.331 e. The number of aromatic amines is 1. The van der Waals surface area contributed by atoms with Crippen LogP contribution in [0.3, 0.4) is 0 Å². The topological polar surface area (TPSA) is 92.4 Å². The van der Waals surface area contributed by atoms with E-state index in [1.165, 1.54) is 35.8 Å². The molecule has 0 radical (unpaired) electrons. The fourth-order valence-corrected chi connectivity index (χ4v) is 3.02. The molecule has 1 aliphatic heterocycles. The number of likely N-dealkylation sites (tertiary alicyclic amines) is 1. The van der Waals surface area contributed by atoms with Gasteiger partial charge in [-0.15, -0.1) is 11.3 Å². The number of H-pyrrole nitrogens is 1. The molecular formula is C17H17N3O4S. The lowest BCUT2D eigenvalue weighted by molar-refractivity contribution is -0.136. The molecule has 0 aliphatic carbocycles. The fourth-order valence-electron chi connectivity index (χ4n) is 2.49. The molecule has 0 spiro atoms. The number of aromatic nitrogens is 2. The van der Waals surface area contributed by atoms with Crippen molar-refractivity contribution < 1.29 is 19.1 Å². The molecule has 25 heavy (non-hydrogen) atoms. The van der Waals surface area contributed by atoms with Gasteiger partial charge in [-0.1, -0.05) is 0 Å². The van der Waals surface area contributed by atoms with E-state index in [9.17, 15) is 14.4 Å². The maximum absolute atomic E-state index is 12.2. The Kier molecular flexibility index (Phi) is 5.39. The summed E-state index contributed by atoms with van der Waals surface area (Å²) in [5, 5.41) is 2.47. The molecule has 130 valence electrons. The Bertz CT molecular complexity index is 789. The summed E-state index contributed by atoms with van der Waals surface area (Å²) in [5.74, 6) is -1.10. The maximum Gasteiger partial charge on any atom is 0.331 e. The number of nitrogens with zero attached hydrogens (tertiary/aromatic N) is 2. The Morgan fingerprint density at radius 3 is 2.84 bits per heavy atom. The second-order valence-corrected chi connectivity index (χ2v) is 6.46. The molecule has 2 aromatic heterocycles. The van der Waals surface area contributed by atoms with Crippen LogP contribution < -0.4 is 0 Å². The lowest BCUT2D eigenvalue weighted by atomic mass is 10.2. The van der Waals surface area contributed by atoms with E-state index >= 15 is 0 Å². The highest BCUT2D eigenvalue weighted by atomic mass is 32.1. The summed E-state index contributed by atoms with van der Waals surface area (Å²) in [7, 11) is 0. The van der Waals surface area contributed by atoms with E-state index < -0.39 is 5.97 Å². The van der Waals surface area contributed by atoms with Crippen LogP contribution in [-0.2, 0) is 9.53 Å². The van der Waals surface area contributed by atoms with Gasteiger partial charge in [-0.05, 0) is 25.0 Å². The second kappa shape index (κ2) is 7.89. The maximum atomic E-state index is 12.2. The van der Waals surface area contributed by atoms with E-state index in [2.05, 4.69) is 9.97 Å². The first kappa shape index (κ1) is 17.1. The Labute approximate surface area is 148 Å². The van der Waals surface area contributed by atoms with Crippen molar-refractivity contribution in [3.63, 3.8) is 0 Å². The molecule has 2 aromatic rings. The number of esters is 1. The zero-order valence-electron chi connectivity index (χ0n) is 13.4. The van der Waals surface area contributed by atoms with Crippen molar-refractivity contribution in [3.05, 3.63) is 46.2 Å². The standard InChI is InChI=1S/C17H17N3O4S/c21-14(11-24-16(22)4-3-15-18-5-8-25-15)12-9-13(19-10-12)17(23)20-6-1-2-7-20/h3-5,8-10,19H,1-2,6-7,11H2. The van der Waals surface area contributed by atoms with Crippen molar-refractivity contribution >= 4 is 35.1 Å². The van der Waals surface area contributed by atoms with Crippen molar-refractivity contribution in [2.45, 2.75) is 12.8 Å². The number of ether oxygens (including phenoxy) is 1. The Balaban J connectivity index is 1.51. The normalized spacial score (nSPS) is 14.2. The Hall–Kier alpha value is -2.74.